The van der Waals surface area contributed by atoms with Crippen LogP contribution in [0.5, 0.6) is 0 Å². The highest BCUT2D eigenvalue weighted by atomic mass is 19.2. The number of rotatable bonds is 3. The van der Waals surface area contributed by atoms with Crippen molar-refractivity contribution in [1.29, 1.82) is 10.5 Å². The van der Waals surface area contributed by atoms with Crippen LogP contribution < -0.4 is 0 Å². The van der Waals surface area contributed by atoms with Gasteiger partial charge in [-0.3, -0.25) is 4.85 Å². The maximum atomic E-state index is 14.8. The van der Waals surface area contributed by atoms with Gasteiger partial charge in [0.15, 0.2) is 58.3 Å². The lowest BCUT2D eigenvalue weighted by molar-refractivity contribution is 0.381. The molecule has 1 aliphatic carbocycles. The number of benzene rings is 4. The van der Waals surface area contributed by atoms with Crippen LogP contribution in [-0.2, 0) is 0 Å². The van der Waals surface area contributed by atoms with Gasteiger partial charge in [0.1, 0.15) is 0 Å². The van der Waals surface area contributed by atoms with Gasteiger partial charge in [0.2, 0.25) is 11.6 Å². The van der Waals surface area contributed by atoms with Crippen LogP contribution >= 0.6 is 0 Å². The molecule has 1 aliphatic rings. The predicted molar refractivity (Wildman–Crippen MR) is 131 cm³/mol. The lowest BCUT2D eigenvalue weighted by atomic mass is 9.87. The fourth-order valence-electron chi connectivity index (χ4n) is 5.16. The molecule has 2 atom stereocenters. The second-order valence-electron chi connectivity index (χ2n) is 9.24. The Morgan fingerprint density at radius 1 is 0.568 bits per heavy atom. The molecule has 0 radical (unpaired) electrons. The average Bonchev–Trinajstić information content (AvgIpc) is 3.32. The highest BCUT2D eigenvalue weighted by Crippen LogP contribution is 2.53. The van der Waals surface area contributed by atoms with E-state index in [1.165, 1.54) is 0 Å². The average molecular weight is 612 g/mol. The minimum atomic E-state index is -2.48. The van der Waals surface area contributed by atoms with E-state index in [1.54, 1.807) is 12.1 Å². The molecule has 0 aromatic heterocycles. The molecule has 0 spiro atoms. The third-order valence-electron chi connectivity index (χ3n) is 7.10. The number of halogens is 10. The molecule has 0 bridgehead atoms. The first kappa shape index (κ1) is 29.6. The molecule has 4 nitrogen and oxygen atoms in total. The minimum absolute atomic E-state index is 0.0976. The highest BCUT2D eigenvalue weighted by Gasteiger charge is 2.41. The second-order valence-corrected chi connectivity index (χ2v) is 9.24. The third kappa shape index (κ3) is 3.96. The zero-order valence-electron chi connectivity index (χ0n) is 21.0. The van der Waals surface area contributed by atoms with Gasteiger partial charge >= 0.3 is 6.04 Å². The summed E-state index contributed by atoms with van der Waals surface area (Å²) in [5.41, 5.74) is -6.81. The SMILES string of the molecule is [C-]#[N+]c1cc2c(cc1-c1c(F)c(F)c(F)c(F)c1F)-c1cc(-c3c(F)c(F)c(F)c(F)c3F)c(C#N)cc1C2C(C#N)[N+]#[C-]. The smallest absolute Gasteiger partial charge is 0.296 e. The quantitative estimate of drug-likeness (QED) is 0.101. The molecular weight excluding hydrogens is 606 g/mol. The number of hydrogen-bond acceptors (Lipinski definition) is 2. The van der Waals surface area contributed by atoms with Crippen molar-refractivity contribution in [2.45, 2.75) is 12.0 Å². The highest BCUT2D eigenvalue weighted by molar-refractivity contribution is 5.92. The third-order valence-corrected chi connectivity index (χ3v) is 7.10. The molecule has 5 rings (SSSR count). The lowest BCUT2D eigenvalue weighted by Crippen LogP contribution is -2.13. The van der Waals surface area contributed by atoms with E-state index in [1.807, 2.05) is 0 Å². The standard InChI is InChI=1S/C30H6F10N4/c1-43-16-6-14-12(5-15(16)20-23(33)27(37)30(40)28(38)24(20)34)11-4-10(19-21(31)25(35)29(39)26(36)22(19)32)9(7-41)3-13(11)18(14)17(8-42)44-2/h3-6,17-18H. The van der Waals surface area contributed by atoms with Crippen molar-refractivity contribution in [2.24, 2.45) is 0 Å². The Morgan fingerprint density at radius 2 is 0.977 bits per heavy atom. The number of nitrogens with zero attached hydrogens (tertiary/aromatic N) is 4. The maximum Gasteiger partial charge on any atom is 0.317 e. The minimum Gasteiger partial charge on any atom is -0.296 e. The van der Waals surface area contributed by atoms with Crippen LogP contribution in [0, 0.1) is 94.0 Å². The molecule has 4 aromatic carbocycles. The Balaban J connectivity index is 1.93. The van der Waals surface area contributed by atoms with E-state index in [2.05, 4.69) is 9.69 Å². The number of hydrogen-bond donors (Lipinski definition) is 0. The molecule has 0 aliphatic heterocycles. The van der Waals surface area contributed by atoms with E-state index in [4.69, 9.17) is 13.1 Å². The summed E-state index contributed by atoms with van der Waals surface area (Å²) in [6, 6.07) is 4.96. The Labute approximate surface area is 239 Å². The molecule has 0 saturated heterocycles. The van der Waals surface area contributed by atoms with Crippen molar-refractivity contribution in [3.63, 3.8) is 0 Å². The Hall–Kier alpha value is -5.86. The van der Waals surface area contributed by atoms with E-state index in [0.717, 1.165) is 24.3 Å². The summed E-state index contributed by atoms with van der Waals surface area (Å²) in [4.78, 5) is 6.28. The number of nitriles is 2. The van der Waals surface area contributed by atoms with Crippen LogP contribution in [0.1, 0.15) is 22.6 Å². The van der Waals surface area contributed by atoms with Gasteiger partial charge in [0, 0.05) is 11.1 Å². The first-order valence-electron chi connectivity index (χ1n) is 11.8. The van der Waals surface area contributed by atoms with E-state index >= 15 is 0 Å². The van der Waals surface area contributed by atoms with Gasteiger partial charge in [-0.2, -0.15) is 10.5 Å². The predicted octanol–water partition coefficient (Wildman–Crippen LogP) is 8.76. The molecule has 2 unspecified atom stereocenters. The van der Waals surface area contributed by atoms with E-state index in [9.17, 15) is 54.4 Å². The normalized spacial score (nSPS) is 13.7. The zero-order chi connectivity index (χ0) is 32.4. The van der Waals surface area contributed by atoms with Crippen molar-refractivity contribution in [3.8, 4) is 45.5 Å². The van der Waals surface area contributed by atoms with Gasteiger partial charge in [0.05, 0.1) is 29.7 Å². The van der Waals surface area contributed by atoms with Gasteiger partial charge in [0.25, 0.3) is 0 Å². The Bertz CT molecular complexity index is 1940. The van der Waals surface area contributed by atoms with Crippen molar-refractivity contribution in [3.05, 3.63) is 122 Å². The molecule has 0 fully saturated rings. The lowest BCUT2D eigenvalue weighted by Gasteiger charge is -2.14. The van der Waals surface area contributed by atoms with Gasteiger partial charge in [-0.15, -0.1) is 0 Å². The van der Waals surface area contributed by atoms with Crippen LogP contribution in [-0.4, -0.2) is 6.04 Å². The summed E-state index contributed by atoms with van der Waals surface area (Å²) in [7, 11) is 0. The summed E-state index contributed by atoms with van der Waals surface area (Å²) < 4.78 is 143. The summed E-state index contributed by atoms with van der Waals surface area (Å²) in [5.74, 6) is -24.9. The zero-order valence-corrected chi connectivity index (χ0v) is 21.0. The monoisotopic (exact) mass is 612 g/mol. The van der Waals surface area contributed by atoms with E-state index < -0.39 is 104 Å². The van der Waals surface area contributed by atoms with Crippen LogP contribution in [0.3, 0.4) is 0 Å². The second kappa shape index (κ2) is 10.4. The molecule has 0 saturated carbocycles. The van der Waals surface area contributed by atoms with Crippen LogP contribution in [0.2, 0.25) is 0 Å². The summed E-state index contributed by atoms with van der Waals surface area (Å²) in [6.07, 6.45) is 0. The topological polar surface area (TPSA) is 56.3 Å². The molecular formula is C30H6F10N4. The van der Waals surface area contributed by atoms with Crippen LogP contribution in [0.4, 0.5) is 49.6 Å². The fraction of sp³-hybridized carbons (Fsp3) is 0.0667. The summed E-state index contributed by atoms with van der Waals surface area (Å²) in [5, 5.41) is 19.4. The molecule has 216 valence electrons. The fourth-order valence-corrected chi connectivity index (χ4v) is 5.16. The van der Waals surface area contributed by atoms with Gasteiger partial charge in [-0.25, -0.2) is 55.3 Å². The van der Waals surface area contributed by atoms with Crippen molar-refractivity contribution in [2.75, 3.05) is 0 Å². The van der Waals surface area contributed by atoms with Crippen molar-refractivity contribution < 1.29 is 43.9 Å². The first-order valence-corrected chi connectivity index (χ1v) is 11.8. The molecule has 14 heteroatoms. The van der Waals surface area contributed by atoms with Gasteiger partial charge in [-0.05, 0) is 39.9 Å². The van der Waals surface area contributed by atoms with E-state index in [-0.39, 0.29) is 22.3 Å². The summed E-state index contributed by atoms with van der Waals surface area (Å²) in [6.45, 7) is 14.9. The van der Waals surface area contributed by atoms with E-state index in [0.29, 0.717) is 0 Å². The molecule has 4 aromatic rings. The summed E-state index contributed by atoms with van der Waals surface area (Å²) >= 11 is 0. The van der Waals surface area contributed by atoms with Crippen molar-refractivity contribution in [1.82, 2.24) is 0 Å². The Morgan fingerprint density at radius 3 is 1.39 bits per heavy atom. The Kier molecular flexibility index (Phi) is 7.03. The van der Waals surface area contributed by atoms with Crippen molar-refractivity contribution >= 4 is 5.69 Å². The largest absolute Gasteiger partial charge is 0.317 e. The molecule has 0 heterocycles. The van der Waals surface area contributed by atoms with Crippen LogP contribution in [0.25, 0.3) is 43.1 Å². The molecule has 0 amide bonds. The molecule has 0 N–H and O–H groups in total. The first-order chi connectivity index (χ1) is 20.8. The van der Waals surface area contributed by atoms with Gasteiger partial charge in [-0.1, -0.05) is 12.1 Å². The van der Waals surface area contributed by atoms with Crippen LogP contribution in [0.15, 0.2) is 24.3 Å². The van der Waals surface area contributed by atoms with Gasteiger partial charge < -0.3 is 0 Å². The molecule has 44 heavy (non-hydrogen) atoms. The maximum absolute atomic E-state index is 14.8. The number of fused-ring (bicyclic) bond motifs is 3.